The quantitative estimate of drug-likeness (QED) is 0.414. The van der Waals surface area contributed by atoms with Crippen LogP contribution in [0.4, 0.5) is 11.6 Å². The highest BCUT2D eigenvalue weighted by Crippen LogP contribution is 2.24. The SMILES string of the molecule is CC(C)Cn1cc(C(=O)Nc2ccc(CC(=O)N3CCN(c4ncccn4)CC3)cc2)c2ccccc21. The molecule has 0 atom stereocenters. The van der Waals surface area contributed by atoms with Crippen LogP contribution in [0.5, 0.6) is 0 Å². The Labute approximate surface area is 216 Å². The van der Waals surface area contributed by atoms with Crippen LogP contribution in [0.15, 0.2) is 73.2 Å². The predicted molar refractivity (Wildman–Crippen MR) is 146 cm³/mol. The number of nitrogens with one attached hydrogen (secondary N) is 1. The highest BCUT2D eigenvalue weighted by Gasteiger charge is 2.22. The second-order valence-corrected chi connectivity index (χ2v) is 9.85. The highest BCUT2D eigenvalue weighted by atomic mass is 16.2. The molecule has 0 saturated carbocycles. The molecule has 5 rings (SSSR count). The minimum atomic E-state index is -0.136. The normalized spacial score (nSPS) is 13.8. The third kappa shape index (κ3) is 5.63. The molecule has 8 heteroatoms. The fraction of sp³-hybridized carbons (Fsp3) is 0.310. The number of carbonyl (C=O) groups excluding carboxylic acids is 2. The van der Waals surface area contributed by atoms with Crippen molar-refractivity contribution in [2.24, 2.45) is 5.92 Å². The molecular weight excluding hydrogens is 464 g/mol. The van der Waals surface area contributed by atoms with Crippen LogP contribution < -0.4 is 10.2 Å². The summed E-state index contributed by atoms with van der Waals surface area (Å²) in [6.45, 7) is 7.92. The number of hydrogen-bond acceptors (Lipinski definition) is 5. The zero-order valence-electron chi connectivity index (χ0n) is 21.3. The van der Waals surface area contributed by atoms with Crippen molar-refractivity contribution in [1.82, 2.24) is 19.4 Å². The molecule has 1 aliphatic rings. The molecule has 4 aromatic rings. The van der Waals surface area contributed by atoms with Crippen LogP contribution in [0.1, 0.15) is 29.8 Å². The van der Waals surface area contributed by atoms with E-state index in [1.54, 1.807) is 18.5 Å². The van der Waals surface area contributed by atoms with Gasteiger partial charge in [-0.05, 0) is 35.7 Å². The number of carbonyl (C=O) groups is 2. The van der Waals surface area contributed by atoms with Crippen LogP contribution in [0.2, 0.25) is 0 Å². The van der Waals surface area contributed by atoms with Gasteiger partial charge in [-0.25, -0.2) is 9.97 Å². The number of nitrogens with zero attached hydrogens (tertiary/aromatic N) is 5. The predicted octanol–water partition coefficient (Wildman–Crippen LogP) is 4.23. The number of para-hydroxylation sites is 1. The van der Waals surface area contributed by atoms with Gasteiger partial charge in [-0.1, -0.05) is 44.2 Å². The van der Waals surface area contributed by atoms with E-state index < -0.39 is 0 Å². The van der Waals surface area contributed by atoms with E-state index in [0.29, 0.717) is 55.7 Å². The topological polar surface area (TPSA) is 83.4 Å². The summed E-state index contributed by atoms with van der Waals surface area (Å²) in [4.78, 5) is 38.6. The second kappa shape index (κ2) is 10.8. The molecular formula is C29H32N6O2. The minimum absolute atomic E-state index is 0.100. The Morgan fingerprint density at radius 2 is 1.62 bits per heavy atom. The minimum Gasteiger partial charge on any atom is -0.346 e. The first-order valence-corrected chi connectivity index (χ1v) is 12.8. The lowest BCUT2D eigenvalue weighted by atomic mass is 10.1. The molecule has 0 spiro atoms. The Kier molecular flexibility index (Phi) is 7.16. The Morgan fingerprint density at radius 1 is 0.919 bits per heavy atom. The highest BCUT2D eigenvalue weighted by molar-refractivity contribution is 6.13. The fourth-order valence-electron chi connectivity index (χ4n) is 4.77. The van der Waals surface area contributed by atoms with Crippen molar-refractivity contribution in [2.45, 2.75) is 26.8 Å². The summed E-state index contributed by atoms with van der Waals surface area (Å²) >= 11 is 0. The van der Waals surface area contributed by atoms with E-state index in [4.69, 9.17) is 0 Å². The van der Waals surface area contributed by atoms with Crippen molar-refractivity contribution in [2.75, 3.05) is 36.4 Å². The standard InChI is InChI=1S/C29H32N6O2/c1-21(2)19-35-20-25(24-6-3-4-7-26(24)35)28(37)32-23-10-8-22(9-11-23)18-27(36)33-14-16-34(17-15-33)29-30-12-5-13-31-29/h3-13,20-21H,14-19H2,1-2H3,(H,32,37). The van der Waals surface area contributed by atoms with E-state index in [2.05, 4.69) is 44.7 Å². The lowest BCUT2D eigenvalue weighted by Crippen LogP contribution is -2.49. The van der Waals surface area contributed by atoms with Crippen LogP contribution >= 0.6 is 0 Å². The molecule has 1 fully saturated rings. The zero-order valence-corrected chi connectivity index (χ0v) is 21.3. The number of anilines is 2. The molecule has 2 amide bonds. The van der Waals surface area contributed by atoms with Gasteiger partial charge in [-0.15, -0.1) is 0 Å². The Bertz CT molecular complexity index is 1370. The first-order chi connectivity index (χ1) is 18.0. The molecule has 0 aliphatic carbocycles. The number of aromatic nitrogens is 3. The number of amides is 2. The van der Waals surface area contributed by atoms with Gasteiger partial charge in [0, 0.05) is 67.9 Å². The first kappa shape index (κ1) is 24.5. The molecule has 2 aromatic heterocycles. The van der Waals surface area contributed by atoms with Crippen molar-refractivity contribution in [3.63, 3.8) is 0 Å². The second-order valence-electron chi connectivity index (χ2n) is 9.85. The van der Waals surface area contributed by atoms with E-state index in [-0.39, 0.29) is 11.8 Å². The number of rotatable bonds is 7. The Morgan fingerprint density at radius 3 is 2.32 bits per heavy atom. The third-order valence-electron chi connectivity index (χ3n) is 6.63. The maximum atomic E-state index is 13.1. The summed E-state index contributed by atoms with van der Waals surface area (Å²) in [6.07, 6.45) is 5.74. The van der Waals surface area contributed by atoms with Crippen molar-refractivity contribution in [3.05, 3.63) is 84.3 Å². The van der Waals surface area contributed by atoms with Crippen molar-refractivity contribution < 1.29 is 9.59 Å². The van der Waals surface area contributed by atoms with E-state index in [9.17, 15) is 9.59 Å². The van der Waals surface area contributed by atoms with Gasteiger partial charge < -0.3 is 19.7 Å². The zero-order chi connectivity index (χ0) is 25.8. The smallest absolute Gasteiger partial charge is 0.257 e. The molecule has 2 aromatic carbocycles. The number of hydrogen-bond donors (Lipinski definition) is 1. The van der Waals surface area contributed by atoms with E-state index in [1.165, 1.54) is 0 Å². The van der Waals surface area contributed by atoms with Crippen LogP contribution in [0.25, 0.3) is 10.9 Å². The van der Waals surface area contributed by atoms with Gasteiger partial charge in [0.05, 0.1) is 12.0 Å². The molecule has 0 unspecified atom stereocenters. The van der Waals surface area contributed by atoms with E-state index in [1.807, 2.05) is 53.6 Å². The summed E-state index contributed by atoms with van der Waals surface area (Å²) in [6, 6.07) is 17.3. The number of fused-ring (bicyclic) bond motifs is 1. The van der Waals surface area contributed by atoms with E-state index >= 15 is 0 Å². The molecule has 0 bridgehead atoms. The third-order valence-corrected chi connectivity index (χ3v) is 6.63. The summed E-state index contributed by atoms with van der Waals surface area (Å²) < 4.78 is 2.15. The lowest BCUT2D eigenvalue weighted by Gasteiger charge is -2.34. The van der Waals surface area contributed by atoms with Gasteiger partial charge in [-0.2, -0.15) is 0 Å². The van der Waals surface area contributed by atoms with Crippen LogP contribution in [0, 0.1) is 5.92 Å². The van der Waals surface area contributed by atoms with Crippen LogP contribution in [-0.2, 0) is 17.8 Å². The maximum Gasteiger partial charge on any atom is 0.257 e. The maximum absolute atomic E-state index is 13.1. The summed E-state index contributed by atoms with van der Waals surface area (Å²) in [5.74, 6) is 1.15. The fourth-order valence-corrected chi connectivity index (χ4v) is 4.77. The van der Waals surface area contributed by atoms with E-state index in [0.717, 1.165) is 23.0 Å². The molecule has 1 N–H and O–H groups in total. The molecule has 190 valence electrons. The van der Waals surface area contributed by atoms with Gasteiger partial charge in [0.15, 0.2) is 0 Å². The van der Waals surface area contributed by atoms with Gasteiger partial charge >= 0.3 is 0 Å². The monoisotopic (exact) mass is 496 g/mol. The van der Waals surface area contributed by atoms with Crippen molar-refractivity contribution >= 4 is 34.4 Å². The number of benzene rings is 2. The van der Waals surface area contributed by atoms with Gasteiger partial charge in [0.1, 0.15) is 0 Å². The molecule has 8 nitrogen and oxygen atoms in total. The van der Waals surface area contributed by atoms with Gasteiger partial charge in [0.25, 0.3) is 5.91 Å². The van der Waals surface area contributed by atoms with Crippen molar-refractivity contribution in [3.8, 4) is 0 Å². The van der Waals surface area contributed by atoms with Gasteiger partial charge in [-0.3, -0.25) is 9.59 Å². The Balaban J connectivity index is 1.18. The molecule has 3 heterocycles. The Hall–Kier alpha value is -4.20. The first-order valence-electron chi connectivity index (χ1n) is 12.8. The van der Waals surface area contributed by atoms with Crippen LogP contribution in [-0.4, -0.2) is 57.4 Å². The summed E-state index contributed by atoms with van der Waals surface area (Å²) in [5, 5.41) is 3.96. The molecule has 37 heavy (non-hydrogen) atoms. The lowest BCUT2D eigenvalue weighted by molar-refractivity contribution is -0.130. The van der Waals surface area contributed by atoms with Gasteiger partial charge in [0.2, 0.25) is 11.9 Å². The van der Waals surface area contributed by atoms with Crippen molar-refractivity contribution in [1.29, 1.82) is 0 Å². The average molecular weight is 497 g/mol. The summed E-state index contributed by atoms with van der Waals surface area (Å²) in [5.41, 5.74) is 3.35. The largest absolute Gasteiger partial charge is 0.346 e. The molecule has 1 aliphatic heterocycles. The average Bonchev–Trinajstić information content (AvgIpc) is 3.28. The molecule has 0 radical (unpaired) electrons. The number of piperazine rings is 1. The summed E-state index contributed by atoms with van der Waals surface area (Å²) in [7, 11) is 0. The molecule has 1 saturated heterocycles. The van der Waals surface area contributed by atoms with Crippen LogP contribution in [0.3, 0.4) is 0 Å².